The van der Waals surface area contributed by atoms with E-state index in [2.05, 4.69) is 0 Å². The molecule has 1 aromatic rings. The number of carboxylic acids is 1. The van der Waals surface area contributed by atoms with Crippen LogP contribution in [-0.4, -0.2) is 34.7 Å². The Morgan fingerprint density at radius 2 is 1.90 bits per heavy atom. The van der Waals surface area contributed by atoms with Gasteiger partial charge in [0.15, 0.2) is 0 Å². The summed E-state index contributed by atoms with van der Waals surface area (Å²) < 4.78 is 38.1. The van der Waals surface area contributed by atoms with Gasteiger partial charge in [0.05, 0.1) is 5.92 Å². The van der Waals surface area contributed by atoms with Gasteiger partial charge in [-0.3, -0.25) is 9.69 Å². The van der Waals surface area contributed by atoms with E-state index in [1.165, 1.54) is 4.90 Å². The monoisotopic (exact) mass is 309 g/mol. The van der Waals surface area contributed by atoms with Crippen LogP contribution in [-0.2, 0) is 11.3 Å². The molecular formula is C13H15ClF3NO2. The Hall–Kier alpha value is -1.27. The molecule has 3 nitrogen and oxygen atoms in total. The molecule has 0 radical (unpaired) electrons. The van der Waals surface area contributed by atoms with Crippen LogP contribution in [0.1, 0.15) is 12.0 Å². The van der Waals surface area contributed by atoms with Crippen molar-refractivity contribution in [2.24, 2.45) is 5.92 Å². The molecule has 1 N–H and O–H groups in total. The minimum atomic E-state index is -4.33. The molecule has 0 amide bonds. The van der Waals surface area contributed by atoms with Gasteiger partial charge >= 0.3 is 12.1 Å². The molecule has 7 heteroatoms. The Balaban J connectivity index is 0.00000200. The maximum atomic E-state index is 12.7. The zero-order valence-electron chi connectivity index (χ0n) is 10.5. The van der Waals surface area contributed by atoms with Crippen molar-refractivity contribution in [2.45, 2.75) is 25.2 Å². The van der Waals surface area contributed by atoms with Crippen molar-refractivity contribution >= 4 is 18.4 Å². The summed E-state index contributed by atoms with van der Waals surface area (Å²) in [5, 5.41) is 9.04. The van der Waals surface area contributed by atoms with Crippen LogP contribution in [0.3, 0.4) is 0 Å². The van der Waals surface area contributed by atoms with E-state index in [4.69, 9.17) is 5.11 Å². The molecule has 1 aliphatic heterocycles. The van der Waals surface area contributed by atoms with Crippen LogP contribution >= 0.6 is 12.4 Å². The highest BCUT2D eigenvalue weighted by atomic mass is 35.5. The second-order valence-electron chi connectivity index (χ2n) is 4.74. The zero-order chi connectivity index (χ0) is 14.0. The molecule has 0 aromatic heterocycles. The smallest absolute Gasteiger partial charge is 0.393 e. The van der Waals surface area contributed by atoms with Crippen molar-refractivity contribution < 1.29 is 23.1 Å². The predicted octanol–water partition coefficient (Wildman–Crippen LogP) is 2.95. The number of alkyl halides is 3. The van der Waals surface area contributed by atoms with E-state index in [9.17, 15) is 18.0 Å². The minimum absolute atomic E-state index is 0. The Kier molecular flexibility index (Phi) is 5.42. The second-order valence-corrected chi connectivity index (χ2v) is 4.74. The average molecular weight is 310 g/mol. The standard InChI is InChI=1S/C13H14F3NO2.ClH/c14-13(15,16)10-6-11(12(18)19)17(8-10)7-9-4-2-1-3-5-9;/h1-5,10-11H,6-8H2,(H,18,19);1H/t10-,11+;/m1./s1. The lowest BCUT2D eigenvalue weighted by molar-refractivity contribution is -0.170. The van der Waals surface area contributed by atoms with Crippen molar-refractivity contribution in [1.29, 1.82) is 0 Å². The van der Waals surface area contributed by atoms with Crippen molar-refractivity contribution in [3.05, 3.63) is 35.9 Å². The van der Waals surface area contributed by atoms with Gasteiger partial charge in [0.2, 0.25) is 0 Å². The molecule has 2 rings (SSSR count). The summed E-state index contributed by atoms with van der Waals surface area (Å²) in [6, 6.07) is 7.86. The Labute approximate surface area is 120 Å². The molecule has 112 valence electrons. The predicted molar refractivity (Wildman–Crippen MR) is 69.7 cm³/mol. The molecule has 1 saturated heterocycles. The summed E-state index contributed by atoms with van der Waals surface area (Å²) >= 11 is 0. The van der Waals surface area contributed by atoms with Gasteiger partial charge in [-0.1, -0.05) is 30.3 Å². The van der Waals surface area contributed by atoms with Crippen molar-refractivity contribution in [3.63, 3.8) is 0 Å². The van der Waals surface area contributed by atoms with Gasteiger partial charge in [-0.2, -0.15) is 13.2 Å². The molecule has 0 spiro atoms. The van der Waals surface area contributed by atoms with Gasteiger partial charge in [0, 0.05) is 13.1 Å². The third-order valence-electron chi connectivity index (χ3n) is 3.38. The summed E-state index contributed by atoms with van der Waals surface area (Å²) in [5.74, 6) is -2.75. The molecule has 1 aliphatic rings. The summed E-state index contributed by atoms with van der Waals surface area (Å²) in [5.41, 5.74) is 0.816. The Bertz CT molecular complexity index is 453. The first-order chi connectivity index (χ1) is 8.88. The number of halogens is 4. The van der Waals surface area contributed by atoms with Gasteiger partial charge in [-0.05, 0) is 12.0 Å². The van der Waals surface area contributed by atoms with E-state index in [0.29, 0.717) is 0 Å². The highest BCUT2D eigenvalue weighted by molar-refractivity contribution is 5.85. The fourth-order valence-corrected chi connectivity index (χ4v) is 2.39. The molecule has 0 aliphatic carbocycles. The lowest BCUT2D eigenvalue weighted by Gasteiger charge is -2.21. The number of aliphatic carboxylic acids is 1. The van der Waals surface area contributed by atoms with Crippen LogP contribution in [0.25, 0.3) is 0 Å². The minimum Gasteiger partial charge on any atom is -0.480 e. The van der Waals surface area contributed by atoms with Gasteiger partial charge in [0.25, 0.3) is 0 Å². The molecule has 1 aromatic carbocycles. The Morgan fingerprint density at radius 3 is 2.40 bits per heavy atom. The third kappa shape index (κ3) is 3.86. The second kappa shape index (κ2) is 6.45. The molecule has 2 atom stereocenters. The summed E-state index contributed by atoms with van der Waals surface area (Å²) in [4.78, 5) is 12.5. The average Bonchev–Trinajstić information content (AvgIpc) is 2.74. The largest absolute Gasteiger partial charge is 0.480 e. The van der Waals surface area contributed by atoms with Crippen molar-refractivity contribution in [3.8, 4) is 0 Å². The molecule has 0 bridgehead atoms. The molecular weight excluding hydrogens is 295 g/mol. The first-order valence-corrected chi connectivity index (χ1v) is 5.95. The van der Waals surface area contributed by atoms with E-state index >= 15 is 0 Å². The highest BCUT2D eigenvalue weighted by Crippen LogP contribution is 2.37. The van der Waals surface area contributed by atoms with Crippen LogP contribution in [0.5, 0.6) is 0 Å². The highest BCUT2D eigenvalue weighted by Gasteiger charge is 2.49. The van der Waals surface area contributed by atoms with Gasteiger partial charge in [-0.15, -0.1) is 12.4 Å². The van der Waals surface area contributed by atoms with E-state index in [-0.39, 0.29) is 31.9 Å². The van der Waals surface area contributed by atoms with E-state index in [0.717, 1.165) is 5.56 Å². The fraction of sp³-hybridized carbons (Fsp3) is 0.462. The molecule has 1 heterocycles. The maximum absolute atomic E-state index is 12.7. The SMILES string of the molecule is Cl.O=C(O)[C@@H]1C[C@@H](C(F)(F)F)CN1Cc1ccccc1. The van der Waals surface area contributed by atoms with Crippen molar-refractivity contribution in [1.82, 2.24) is 4.90 Å². The van der Waals surface area contributed by atoms with Crippen LogP contribution in [0, 0.1) is 5.92 Å². The molecule has 1 fully saturated rings. The first-order valence-electron chi connectivity index (χ1n) is 5.95. The Morgan fingerprint density at radius 1 is 1.30 bits per heavy atom. The van der Waals surface area contributed by atoms with Crippen LogP contribution in [0.15, 0.2) is 30.3 Å². The molecule has 20 heavy (non-hydrogen) atoms. The number of nitrogens with zero attached hydrogens (tertiary/aromatic N) is 1. The topological polar surface area (TPSA) is 40.5 Å². The van der Waals surface area contributed by atoms with Crippen LogP contribution < -0.4 is 0 Å². The lowest BCUT2D eigenvalue weighted by Crippen LogP contribution is -2.35. The normalized spacial score (nSPS) is 23.4. The number of hydrogen-bond acceptors (Lipinski definition) is 2. The van der Waals surface area contributed by atoms with E-state index in [1.807, 2.05) is 0 Å². The molecule has 0 unspecified atom stereocenters. The summed E-state index contributed by atoms with van der Waals surface area (Å²) in [7, 11) is 0. The van der Waals surface area contributed by atoms with Gasteiger partial charge in [0.1, 0.15) is 6.04 Å². The fourth-order valence-electron chi connectivity index (χ4n) is 2.39. The van der Waals surface area contributed by atoms with Gasteiger partial charge < -0.3 is 5.11 Å². The zero-order valence-corrected chi connectivity index (χ0v) is 11.3. The number of benzene rings is 1. The van der Waals surface area contributed by atoms with E-state index in [1.54, 1.807) is 30.3 Å². The molecule has 0 saturated carbocycles. The number of rotatable bonds is 3. The number of carbonyl (C=O) groups is 1. The number of hydrogen-bond donors (Lipinski definition) is 1. The first kappa shape index (κ1) is 16.8. The maximum Gasteiger partial charge on any atom is 0.393 e. The van der Waals surface area contributed by atoms with Crippen molar-refractivity contribution in [2.75, 3.05) is 6.54 Å². The summed E-state index contributed by atoms with van der Waals surface area (Å²) in [6.07, 6.45) is -4.70. The van der Waals surface area contributed by atoms with Crippen LogP contribution in [0.2, 0.25) is 0 Å². The lowest BCUT2D eigenvalue weighted by atomic mass is 10.1. The van der Waals surface area contributed by atoms with Crippen LogP contribution in [0.4, 0.5) is 13.2 Å². The third-order valence-corrected chi connectivity index (χ3v) is 3.38. The van der Waals surface area contributed by atoms with Gasteiger partial charge in [-0.25, -0.2) is 0 Å². The number of carboxylic acid groups (broad SMARTS) is 1. The quantitative estimate of drug-likeness (QED) is 0.933. The number of likely N-dealkylation sites (tertiary alicyclic amines) is 1. The van der Waals surface area contributed by atoms with E-state index < -0.39 is 24.1 Å². The summed E-state index contributed by atoms with van der Waals surface area (Å²) in [6.45, 7) is -0.0280.